The minimum atomic E-state index is -0.806. The van der Waals surface area contributed by atoms with E-state index in [1.54, 1.807) is 45.2 Å². The number of aromatic nitrogens is 4. The molecule has 0 fully saturated rings. The number of rotatable bonds is 4. The van der Waals surface area contributed by atoms with Gasteiger partial charge in [0.15, 0.2) is 0 Å². The third-order valence-corrected chi connectivity index (χ3v) is 5.91. The molecule has 190 valence electrons. The number of amides is 3. The molecule has 1 atom stereocenters. The predicted molar refractivity (Wildman–Crippen MR) is 137 cm³/mol. The maximum Gasteiger partial charge on any atom is 0.411 e. The minimum absolute atomic E-state index is 0.168. The summed E-state index contributed by atoms with van der Waals surface area (Å²) in [5, 5.41) is 5.46. The van der Waals surface area contributed by atoms with Gasteiger partial charge in [0.2, 0.25) is 17.8 Å². The summed E-state index contributed by atoms with van der Waals surface area (Å²) >= 11 is 0. The van der Waals surface area contributed by atoms with Crippen LogP contribution in [0.5, 0.6) is 0 Å². The lowest BCUT2D eigenvalue weighted by Gasteiger charge is -2.36. The second-order valence-corrected chi connectivity index (χ2v) is 9.77. The van der Waals surface area contributed by atoms with Crippen LogP contribution in [0.15, 0.2) is 54.9 Å². The van der Waals surface area contributed by atoms with Gasteiger partial charge in [0.1, 0.15) is 17.2 Å². The van der Waals surface area contributed by atoms with Crippen LogP contribution in [0.2, 0.25) is 0 Å². The summed E-state index contributed by atoms with van der Waals surface area (Å²) in [5.74, 6) is -0.335. The number of para-hydroxylation sites is 1. The molecule has 0 radical (unpaired) electrons. The molecular weight excluding hydrogens is 474 g/mol. The van der Waals surface area contributed by atoms with Gasteiger partial charge in [-0.3, -0.25) is 25.1 Å². The number of H-pyrrole nitrogens is 2. The second kappa shape index (κ2) is 9.41. The first-order valence-corrected chi connectivity index (χ1v) is 11.8. The van der Waals surface area contributed by atoms with Crippen molar-refractivity contribution in [1.29, 1.82) is 0 Å². The fourth-order valence-electron chi connectivity index (χ4n) is 4.25. The fraction of sp³-hybridized carbons (Fsp3) is 0.269. The highest BCUT2D eigenvalue weighted by Gasteiger charge is 2.37. The summed E-state index contributed by atoms with van der Waals surface area (Å²) in [6.45, 7) is 5.60. The van der Waals surface area contributed by atoms with E-state index >= 15 is 0 Å². The Labute approximate surface area is 212 Å². The Morgan fingerprint density at radius 1 is 1.03 bits per heavy atom. The summed E-state index contributed by atoms with van der Waals surface area (Å²) in [6, 6.07) is 12.0. The van der Waals surface area contributed by atoms with Crippen molar-refractivity contribution in [3.05, 3.63) is 71.5 Å². The molecule has 0 saturated heterocycles. The van der Waals surface area contributed by atoms with Crippen molar-refractivity contribution in [2.45, 2.75) is 45.4 Å². The Balaban J connectivity index is 1.40. The number of carbonyl (C=O) groups is 3. The number of nitrogens with zero attached hydrogens (tertiary/aromatic N) is 3. The van der Waals surface area contributed by atoms with Crippen LogP contribution in [0.3, 0.4) is 0 Å². The lowest BCUT2D eigenvalue weighted by molar-refractivity contribution is -0.121. The number of nitrogens with one attached hydrogen (secondary N) is 4. The molecule has 37 heavy (non-hydrogen) atoms. The Morgan fingerprint density at radius 2 is 1.81 bits per heavy atom. The van der Waals surface area contributed by atoms with E-state index in [9.17, 15) is 14.4 Å². The summed E-state index contributed by atoms with van der Waals surface area (Å²) in [7, 11) is 0. The molecule has 1 aliphatic rings. The maximum atomic E-state index is 13.5. The van der Waals surface area contributed by atoms with E-state index in [1.165, 1.54) is 11.1 Å². The van der Waals surface area contributed by atoms with Gasteiger partial charge in [-0.2, -0.15) is 0 Å². The van der Waals surface area contributed by atoms with E-state index in [2.05, 4.69) is 30.6 Å². The average Bonchev–Trinajstić information content (AvgIpc) is 3.51. The molecule has 4 N–H and O–H groups in total. The SMILES string of the molecule is CC(C)(C)OC(=O)N1Cc2ccccc2C[C@H]1C(=O)Nc1nc2c(C(=O)Nc3ncc[nH]3)cccc2[nH]1. The van der Waals surface area contributed by atoms with Crippen molar-refractivity contribution in [3.63, 3.8) is 0 Å². The molecule has 3 heterocycles. The highest BCUT2D eigenvalue weighted by Crippen LogP contribution is 2.27. The Morgan fingerprint density at radius 3 is 2.54 bits per heavy atom. The average molecular weight is 502 g/mol. The van der Waals surface area contributed by atoms with Crippen LogP contribution in [-0.4, -0.2) is 54.4 Å². The Bertz CT molecular complexity index is 1470. The van der Waals surface area contributed by atoms with Crippen molar-refractivity contribution in [2.75, 3.05) is 10.6 Å². The summed E-state index contributed by atoms with van der Waals surface area (Å²) in [4.78, 5) is 55.0. The van der Waals surface area contributed by atoms with E-state index in [0.717, 1.165) is 11.1 Å². The summed E-state index contributed by atoms with van der Waals surface area (Å²) in [5.41, 5.74) is 2.52. The maximum absolute atomic E-state index is 13.5. The van der Waals surface area contributed by atoms with Gasteiger partial charge >= 0.3 is 6.09 Å². The van der Waals surface area contributed by atoms with E-state index in [4.69, 9.17) is 4.74 Å². The lowest BCUT2D eigenvalue weighted by Crippen LogP contribution is -2.52. The lowest BCUT2D eigenvalue weighted by atomic mass is 9.94. The number of ether oxygens (including phenoxy) is 1. The molecule has 11 heteroatoms. The van der Waals surface area contributed by atoms with Crippen LogP contribution in [0, 0.1) is 0 Å². The van der Waals surface area contributed by atoms with Crippen LogP contribution in [0.1, 0.15) is 42.3 Å². The number of imidazole rings is 2. The van der Waals surface area contributed by atoms with Crippen molar-refractivity contribution >= 4 is 40.8 Å². The molecule has 3 amide bonds. The van der Waals surface area contributed by atoms with Crippen molar-refractivity contribution in [2.24, 2.45) is 0 Å². The van der Waals surface area contributed by atoms with Crippen LogP contribution < -0.4 is 10.6 Å². The third-order valence-electron chi connectivity index (χ3n) is 5.91. The third kappa shape index (κ3) is 5.15. The van der Waals surface area contributed by atoms with Crippen molar-refractivity contribution < 1.29 is 19.1 Å². The van der Waals surface area contributed by atoms with Gasteiger partial charge in [-0.25, -0.2) is 14.8 Å². The Kier molecular flexibility index (Phi) is 6.12. The van der Waals surface area contributed by atoms with Gasteiger partial charge in [0, 0.05) is 18.8 Å². The zero-order valence-corrected chi connectivity index (χ0v) is 20.7. The molecule has 0 unspecified atom stereocenters. The van der Waals surface area contributed by atoms with Gasteiger partial charge in [-0.15, -0.1) is 0 Å². The first kappa shape index (κ1) is 24.0. The molecule has 2 aromatic heterocycles. The predicted octanol–water partition coefficient (Wildman–Crippen LogP) is 3.84. The molecule has 1 aliphatic heterocycles. The Hall–Kier alpha value is -4.67. The zero-order chi connectivity index (χ0) is 26.2. The number of hydrogen-bond donors (Lipinski definition) is 4. The number of aromatic amines is 2. The highest BCUT2D eigenvalue weighted by molar-refractivity contribution is 6.11. The van der Waals surface area contributed by atoms with Gasteiger partial charge in [-0.1, -0.05) is 30.3 Å². The van der Waals surface area contributed by atoms with E-state index < -0.39 is 29.6 Å². The quantitative estimate of drug-likeness (QED) is 0.334. The number of carbonyl (C=O) groups excluding carboxylic acids is 3. The topological polar surface area (TPSA) is 145 Å². The van der Waals surface area contributed by atoms with Crippen molar-refractivity contribution in [3.8, 4) is 0 Å². The molecule has 0 saturated carbocycles. The number of hydrogen-bond acceptors (Lipinski definition) is 6. The zero-order valence-electron chi connectivity index (χ0n) is 20.7. The normalized spacial score (nSPS) is 15.2. The number of fused-ring (bicyclic) bond motifs is 2. The van der Waals surface area contributed by atoms with Gasteiger partial charge in [0.25, 0.3) is 5.91 Å². The molecule has 0 aliphatic carbocycles. The first-order valence-electron chi connectivity index (χ1n) is 11.8. The van der Waals surface area contributed by atoms with E-state index in [0.29, 0.717) is 29.0 Å². The summed E-state index contributed by atoms with van der Waals surface area (Å²) < 4.78 is 5.59. The molecule has 0 spiro atoms. The van der Waals surface area contributed by atoms with Gasteiger partial charge < -0.3 is 14.7 Å². The standard InChI is InChI=1S/C26H27N7O4/c1-26(2,3)37-25(36)33-14-16-8-5-4-7-15(16)13-19(33)22(35)32-24-29-18-10-6-9-17(20(18)30-24)21(34)31-23-27-11-12-28-23/h4-12,19H,13-14H2,1-3H3,(H2,27,28,31,34)(H2,29,30,32,35)/t19-/m0/s1. The molecule has 5 rings (SSSR count). The number of benzene rings is 2. The smallest absolute Gasteiger partial charge is 0.411 e. The minimum Gasteiger partial charge on any atom is -0.444 e. The first-order chi connectivity index (χ1) is 17.7. The molecule has 2 aromatic carbocycles. The highest BCUT2D eigenvalue weighted by atomic mass is 16.6. The summed E-state index contributed by atoms with van der Waals surface area (Å²) in [6.07, 6.45) is 2.90. The molecular formula is C26H27N7O4. The molecule has 11 nitrogen and oxygen atoms in total. The fourth-order valence-corrected chi connectivity index (χ4v) is 4.25. The molecule has 4 aromatic rings. The second-order valence-electron chi connectivity index (χ2n) is 9.77. The van der Waals surface area contributed by atoms with Crippen molar-refractivity contribution in [1.82, 2.24) is 24.8 Å². The van der Waals surface area contributed by atoms with Gasteiger partial charge in [0.05, 0.1) is 17.6 Å². The van der Waals surface area contributed by atoms with Crippen LogP contribution >= 0.6 is 0 Å². The number of anilines is 2. The monoisotopic (exact) mass is 501 g/mol. The van der Waals surface area contributed by atoms with Crippen LogP contribution in [0.25, 0.3) is 11.0 Å². The van der Waals surface area contributed by atoms with Gasteiger partial charge in [-0.05, 0) is 44.0 Å². The van der Waals surface area contributed by atoms with Crippen LogP contribution in [-0.2, 0) is 22.5 Å². The molecule has 0 bridgehead atoms. The van der Waals surface area contributed by atoms with E-state index in [1.807, 2.05) is 24.3 Å². The van der Waals surface area contributed by atoms with E-state index in [-0.39, 0.29) is 12.5 Å². The van der Waals surface area contributed by atoms with Crippen LogP contribution in [0.4, 0.5) is 16.7 Å². The largest absolute Gasteiger partial charge is 0.444 e.